The lowest BCUT2D eigenvalue weighted by Gasteiger charge is -2.30. The first kappa shape index (κ1) is 17.9. The molecule has 1 aromatic rings. The molecule has 2 amide bonds. The summed E-state index contributed by atoms with van der Waals surface area (Å²) in [6, 6.07) is 8.45. The van der Waals surface area contributed by atoms with Crippen molar-refractivity contribution in [2.24, 2.45) is 5.92 Å². The fraction of sp³-hybridized carbons (Fsp3) is 0.600. The number of carbonyl (C=O) groups excluding carboxylic acids is 2. The summed E-state index contributed by atoms with van der Waals surface area (Å²) >= 11 is 0. The third-order valence-electron chi connectivity index (χ3n) is 5.27. The van der Waals surface area contributed by atoms with E-state index >= 15 is 0 Å². The Morgan fingerprint density at radius 1 is 1.20 bits per heavy atom. The maximum Gasteiger partial charge on any atom is 0.239 e. The van der Waals surface area contributed by atoms with Crippen LogP contribution in [0.4, 0.5) is 0 Å². The lowest BCUT2D eigenvalue weighted by molar-refractivity contribution is -0.133. The van der Waals surface area contributed by atoms with Gasteiger partial charge in [-0.25, -0.2) is 0 Å². The molecule has 1 N–H and O–H groups in total. The Balaban J connectivity index is 1.46. The normalized spacial score (nSPS) is 19.4. The van der Waals surface area contributed by atoms with Crippen LogP contribution in [0.15, 0.2) is 24.3 Å². The van der Waals surface area contributed by atoms with E-state index in [2.05, 4.69) is 35.3 Å². The van der Waals surface area contributed by atoms with E-state index in [1.54, 1.807) is 4.90 Å². The van der Waals surface area contributed by atoms with Gasteiger partial charge in [0.1, 0.15) is 0 Å². The summed E-state index contributed by atoms with van der Waals surface area (Å²) in [4.78, 5) is 27.8. The van der Waals surface area contributed by atoms with Crippen molar-refractivity contribution in [1.82, 2.24) is 15.1 Å². The second-order valence-electron chi connectivity index (χ2n) is 7.47. The molecule has 25 heavy (non-hydrogen) atoms. The Morgan fingerprint density at radius 2 is 1.96 bits per heavy atom. The number of benzene rings is 1. The highest BCUT2D eigenvalue weighted by Gasteiger charge is 2.22. The second-order valence-corrected chi connectivity index (χ2v) is 7.47. The molecule has 2 fully saturated rings. The average molecular weight is 343 g/mol. The molecule has 0 spiro atoms. The summed E-state index contributed by atoms with van der Waals surface area (Å²) in [5, 5.41) is 2.94. The van der Waals surface area contributed by atoms with Crippen LogP contribution >= 0.6 is 0 Å². The highest BCUT2D eigenvalue weighted by Crippen LogP contribution is 2.18. The molecule has 5 heteroatoms. The maximum atomic E-state index is 12.0. The van der Waals surface area contributed by atoms with Crippen LogP contribution in [0.3, 0.4) is 0 Å². The number of rotatable bonds is 6. The van der Waals surface area contributed by atoms with Gasteiger partial charge in [-0.3, -0.25) is 14.5 Å². The van der Waals surface area contributed by atoms with E-state index in [4.69, 9.17) is 0 Å². The minimum absolute atomic E-state index is 0.0781. The van der Waals surface area contributed by atoms with Gasteiger partial charge < -0.3 is 10.2 Å². The Hall–Kier alpha value is -1.88. The predicted octanol–water partition coefficient (Wildman–Crippen LogP) is 2.16. The number of amides is 2. The highest BCUT2D eigenvalue weighted by molar-refractivity contribution is 5.85. The minimum atomic E-state index is -0.0781. The summed E-state index contributed by atoms with van der Waals surface area (Å²) in [5.74, 6) is 0.860. The molecule has 0 atom stereocenters. The van der Waals surface area contributed by atoms with Crippen molar-refractivity contribution in [2.75, 3.05) is 26.2 Å². The molecule has 0 aliphatic carbocycles. The standard InChI is InChI=1S/C20H29N3O2/c1-16-7-10-22(11-8-16)14-18-5-2-4-17(12-18)13-21-19(24)15-23-9-3-6-20(23)25/h2,4-5,12,16H,3,6-11,13-15H2,1H3,(H,21,24). The first-order valence-corrected chi connectivity index (χ1v) is 9.45. The summed E-state index contributed by atoms with van der Waals surface area (Å²) < 4.78 is 0. The number of piperidine rings is 1. The van der Waals surface area contributed by atoms with E-state index in [-0.39, 0.29) is 18.4 Å². The first-order chi connectivity index (χ1) is 12.1. The zero-order valence-electron chi connectivity index (χ0n) is 15.2. The van der Waals surface area contributed by atoms with E-state index in [1.807, 2.05) is 6.07 Å². The molecule has 0 bridgehead atoms. The Kier molecular flexibility index (Phi) is 6.08. The van der Waals surface area contributed by atoms with Crippen molar-refractivity contribution in [3.05, 3.63) is 35.4 Å². The van der Waals surface area contributed by atoms with Crippen LogP contribution in [-0.4, -0.2) is 47.8 Å². The van der Waals surface area contributed by atoms with Crippen LogP contribution in [0.25, 0.3) is 0 Å². The smallest absolute Gasteiger partial charge is 0.239 e. The fourth-order valence-electron chi connectivity index (χ4n) is 3.62. The predicted molar refractivity (Wildman–Crippen MR) is 97.8 cm³/mol. The quantitative estimate of drug-likeness (QED) is 0.861. The van der Waals surface area contributed by atoms with E-state index < -0.39 is 0 Å². The van der Waals surface area contributed by atoms with Crippen molar-refractivity contribution in [2.45, 2.75) is 45.7 Å². The number of likely N-dealkylation sites (tertiary alicyclic amines) is 2. The number of carbonyl (C=O) groups is 2. The molecule has 0 saturated carbocycles. The molecular formula is C20H29N3O2. The molecule has 1 aromatic carbocycles. The monoisotopic (exact) mass is 343 g/mol. The average Bonchev–Trinajstić information content (AvgIpc) is 3.00. The number of hydrogen-bond donors (Lipinski definition) is 1. The van der Waals surface area contributed by atoms with Gasteiger partial charge in [-0.1, -0.05) is 31.2 Å². The van der Waals surface area contributed by atoms with Crippen molar-refractivity contribution in [3.8, 4) is 0 Å². The lowest BCUT2D eigenvalue weighted by atomic mass is 9.98. The van der Waals surface area contributed by atoms with E-state index in [9.17, 15) is 9.59 Å². The number of hydrogen-bond acceptors (Lipinski definition) is 3. The Bertz CT molecular complexity index is 609. The van der Waals surface area contributed by atoms with Gasteiger partial charge >= 0.3 is 0 Å². The van der Waals surface area contributed by atoms with Crippen molar-refractivity contribution >= 4 is 11.8 Å². The Morgan fingerprint density at radius 3 is 2.68 bits per heavy atom. The van der Waals surface area contributed by atoms with Crippen LogP contribution < -0.4 is 5.32 Å². The summed E-state index contributed by atoms with van der Waals surface area (Å²) in [6.07, 6.45) is 4.00. The van der Waals surface area contributed by atoms with Crippen molar-refractivity contribution < 1.29 is 9.59 Å². The highest BCUT2D eigenvalue weighted by atomic mass is 16.2. The zero-order valence-corrected chi connectivity index (χ0v) is 15.2. The van der Waals surface area contributed by atoms with Gasteiger partial charge in [0, 0.05) is 26.1 Å². The van der Waals surface area contributed by atoms with E-state index in [0.717, 1.165) is 24.4 Å². The lowest BCUT2D eigenvalue weighted by Crippen LogP contribution is -2.37. The van der Waals surface area contributed by atoms with Gasteiger partial charge in [-0.15, -0.1) is 0 Å². The summed E-state index contributed by atoms with van der Waals surface area (Å²) in [6.45, 7) is 7.07. The first-order valence-electron chi connectivity index (χ1n) is 9.45. The van der Waals surface area contributed by atoms with E-state index in [0.29, 0.717) is 19.5 Å². The maximum absolute atomic E-state index is 12.0. The third-order valence-corrected chi connectivity index (χ3v) is 5.27. The van der Waals surface area contributed by atoms with Gasteiger partial charge in [-0.05, 0) is 49.4 Å². The molecule has 2 aliphatic heterocycles. The van der Waals surface area contributed by atoms with Crippen LogP contribution in [0.1, 0.15) is 43.7 Å². The van der Waals surface area contributed by atoms with Crippen LogP contribution in [0, 0.1) is 5.92 Å². The van der Waals surface area contributed by atoms with E-state index in [1.165, 1.54) is 31.5 Å². The van der Waals surface area contributed by atoms with Gasteiger partial charge in [-0.2, -0.15) is 0 Å². The van der Waals surface area contributed by atoms with Gasteiger partial charge in [0.05, 0.1) is 6.54 Å². The largest absolute Gasteiger partial charge is 0.350 e. The van der Waals surface area contributed by atoms with Crippen LogP contribution in [-0.2, 0) is 22.7 Å². The molecule has 0 radical (unpaired) electrons. The minimum Gasteiger partial charge on any atom is -0.350 e. The SMILES string of the molecule is CC1CCN(Cc2cccc(CNC(=O)CN3CCCC3=O)c2)CC1. The molecule has 2 saturated heterocycles. The summed E-state index contributed by atoms with van der Waals surface area (Å²) in [7, 11) is 0. The van der Waals surface area contributed by atoms with Crippen molar-refractivity contribution in [3.63, 3.8) is 0 Å². The van der Waals surface area contributed by atoms with Gasteiger partial charge in [0.25, 0.3) is 0 Å². The molecule has 2 heterocycles. The second kappa shape index (κ2) is 8.48. The molecule has 0 aromatic heterocycles. The molecule has 5 nitrogen and oxygen atoms in total. The third kappa shape index (κ3) is 5.30. The fourth-order valence-corrected chi connectivity index (χ4v) is 3.62. The molecular weight excluding hydrogens is 314 g/mol. The van der Waals surface area contributed by atoms with Crippen LogP contribution in [0.2, 0.25) is 0 Å². The number of nitrogens with zero attached hydrogens (tertiary/aromatic N) is 2. The topological polar surface area (TPSA) is 52.7 Å². The van der Waals surface area contributed by atoms with Crippen LogP contribution in [0.5, 0.6) is 0 Å². The number of nitrogens with one attached hydrogen (secondary N) is 1. The van der Waals surface area contributed by atoms with Gasteiger partial charge in [0.15, 0.2) is 0 Å². The molecule has 2 aliphatic rings. The van der Waals surface area contributed by atoms with Crippen molar-refractivity contribution in [1.29, 1.82) is 0 Å². The molecule has 0 unspecified atom stereocenters. The van der Waals surface area contributed by atoms with Gasteiger partial charge in [0.2, 0.25) is 11.8 Å². The summed E-state index contributed by atoms with van der Waals surface area (Å²) in [5.41, 5.74) is 2.42. The Labute approximate surface area is 150 Å². The zero-order chi connectivity index (χ0) is 17.6. The molecule has 3 rings (SSSR count). The molecule has 136 valence electrons.